The molecule has 1 aromatic rings. The molecule has 0 atom stereocenters. The number of aromatic nitrogens is 1. The number of unbranched alkanes of at least 4 members (excludes halogenated alkanes) is 6. The average molecular weight is 505 g/mol. The van der Waals surface area contributed by atoms with Crippen molar-refractivity contribution in [2.24, 2.45) is 0 Å². The second-order valence-electron chi connectivity index (χ2n) is 9.24. The van der Waals surface area contributed by atoms with E-state index in [9.17, 15) is 30.0 Å². The Hall–Kier alpha value is -3.91. The number of carbonyl (C=O) groups excluding carboxylic acids is 2. The van der Waals surface area contributed by atoms with E-state index >= 15 is 0 Å². The first kappa shape index (κ1) is 29.3. The summed E-state index contributed by atoms with van der Waals surface area (Å²) in [5.74, 6) is -1.28. The van der Waals surface area contributed by atoms with Gasteiger partial charge in [-0.25, -0.2) is 0 Å². The lowest BCUT2D eigenvalue weighted by Crippen LogP contribution is -2.43. The molecular weight excluding hydrogens is 468 g/mol. The zero-order valence-electron chi connectivity index (χ0n) is 22.3. The molecule has 2 heterocycles. The lowest BCUT2D eigenvalue weighted by atomic mass is 9.94. The van der Waals surface area contributed by atoms with Gasteiger partial charge in [0.2, 0.25) is 5.88 Å². The maximum absolute atomic E-state index is 13.1. The summed E-state index contributed by atoms with van der Waals surface area (Å²) in [5.41, 5.74) is 0.530. The summed E-state index contributed by atoms with van der Waals surface area (Å²) in [4.78, 5) is 39.7. The van der Waals surface area contributed by atoms with Gasteiger partial charge in [-0.3, -0.25) is 23.9 Å². The zero-order valence-corrected chi connectivity index (χ0v) is 22.3. The molecule has 1 aliphatic rings. The quantitative estimate of drug-likeness (QED) is 0.241. The number of hydrogen-bond acceptors (Lipinski definition) is 6. The van der Waals surface area contributed by atoms with E-state index in [4.69, 9.17) is 0 Å². The first-order valence-electron chi connectivity index (χ1n) is 13.0. The Labute approximate surface area is 218 Å². The number of aromatic hydroxyl groups is 1. The minimum Gasteiger partial charge on any atom is -0.494 e. The molecule has 0 radical (unpaired) electrons. The molecule has 0 aromatic carbocycles. The van der Waals surface area contributed by atoms with Crippen molar-refractivity contribution in [3.05, 3.63) is 55.9 Å². The van der Waals surface area contributed by atoms with E-state index in [2.05, 4.69) is 13.8 Å². The Bertz CT molecular complexity index is 1270. The van der Waals surface area contributed by atoms with E-state index < -0.39 is 17.4 Å². The number of imide groups is 1. The Morgan fingerprint density at radius 2 is 1.49 bits per heavy atom. The highest BCUT2D eigenvalue weighted by molar-refractivity contribution is 6.18. The van der Waals surface area contributed by atoms with Crippen molar-refractivity contribution in [2.45, 2.75) is 85.6 Å². The van der Waals surface area contributed by atoms with Gasteiger partial charge >= 0.3 is 0 Å². The summed E-state index contributed by atoms with van der Waals surface area (Å²) < 4.78 is 1.22. The van der Waals surface area contributed by atoms with Gasteiger partial charge in [0.15, 0.2) is 0 Å². The predicted molar refractivity (Wildman–Crippen MR) is 142 cm³/mol. The molecule has 0 bridgehead atoms. The Morgan fingerprint density at radius 1 is 0.865 bits per heavy atom. The molecule has 1 aromatic heterocycles. The SMILES string of the molecule is CCCCCCN1C(=O)C(=CC=Cc2c(C)c(C#N)c(=O)n(CCCCCC)c2O)C(C)=C(C#N)C1=O. The van der Waals surface area contributed by atoms with Crippen molar-refractivity contribution < 1.29 is 14.7 Å². The molecule has 1 aliphatic heterocycles. The van der Waals surface area contributed by atoms with Gasteiger partial charge in [0.05, 0.1) is 0 Å². The van der Waals surface area contributed by atoms with Crippen LogP contribution in [0, 0.1) is 29.6 Å². The highest BCUT2D eigenvalue weighted by atomic mass is 16.3. The molecule has 0 aliphatic carbocycles. The molecule has 1 N–H and O–H groups in total. The second-order valence-corrected chi connectivity index (χ2v) is 9.24. The van der Waals surface area contributed by atoms with Crippen LogP contribution in [0.2, 0.25) is 0 Å². The van der Waals surface area contributed by atoms with Gasteiger partial charge < -0.3 is 5.11 Å². The maximum Gasteiger partial charge on any atom is 0.271 e. The summed E-state index contributed by atoms with van der Waals surface area (Å²) >= 11 is 0. The maximum atomic E-state index is 13.1. The van der Waals surface area contributed by atoms with Crippen molar-refractivity contribution in [3.8, 4) is 18.0 Å². The fourth-order valence-electron chi connectivity index (χ4n) is 4.37. The van der Waals surface area contributed by atoms with Gasteiger partial charge in [-0.15, -0.1) is 0 Å². The second kappa shape index (κ2) is 14.0. The van der Waals surface area contributed by atoms with Crippen LogP contribution in [0.15, 0.2) is 33.7 Å². The van der Waals surface area contributed by atoms with Gasteiger partial charge in [0, 0.05) is 24.2 Å². The molecule has 0 fully saturated rings. The van der Waals surface area contributed by atoms with E-state index in [0.717, 1.165) is 43.4 Å². The summed E-state index contributed by atoms with van der Waals surface area (Å²) in [5, 5.41) is 30.0. The number of nitriles is 2. The van der Waals surface area contributed by atoms with Crippen molar-refractivity contribution in [1.29, 1.82) is 10.5 Å². The smallest absolute Gasteiger partial charge is 0.271 e. The van der Waals surface area contributed by atoms with Gasteiger partial charge in [-0.1, -0.05) is 58.4 Å². The van der Waals surface area contributed by atoms with Crippen LogP contribution in [-0.4, -0.2) is 32.9 Å². The summed E-state index contributed by atoms with van der Waals surface area (Å²) in [6, 6.07) is 3.87. The van der Waals surface area contributed by atoms with Crippen LogP contribution in [0.1, 0.15) is 88.8 Å². The summed E-state index contributed by atoms with van der Waals surface area (Å²) in [6.45, 7) is 7.84. The third-order valence-electron chi connectivity index (χ3n) is 6.67. The van der Waals surface area contributed by atoms with E-state index in [-0.39, 0.29) is 29.1 Å². The molecule has 0 spiro atoms. The number of nitrogens with zero attached hydrogens (tertiary/aromatic N) is 4. The highest BCUT2D eigenvalue weighted by Crippen LogP contribution is 2.27. The monoisotopic (exact) mass is 504 g/mol. The van der Waals surface area contributed by atoms with Crippen LogP contribution in [0.25, 0.3) is 6.08 Å². The van der Waals surface area contributed by atoms with Crippen LogP contribution in [0.3, 0.4) is 0 Å². The van der Waals surface area contributed by atoms with Gasteiger partial charge in [0.25, 0.3) is 17.4 Å². The molecule has 0 saturated heterocycles. The molecule has 2 rings (SSSR count). The van der Waals surface area contributed by atoms with Crippen LogP contribution in [0.4, 0.5) is 0 Å². The Morgan fingerprint density at radius 3 is 2.05 bits per heavy atom. The topological polar surface area (TPSA) is 127 Å². The van der Waals surface area contributed by atoms with Crippen molar-refractivity contribution >= 4 is 17.9 Å². The van der Waals surface area contributed by atoms with Crippen molar-refractivity contribution in [3.63, 3.8) is 0 Å². The third-order valence-corrected chi connectivity index (χ3v) is 6.67. The number of hydrogen-bond donors (Lipinski definition) is 1. The van der Waals surface area contributed by atoms with Crippen molar-refractivity contribution in [1.82, 2.24) is 9.47 Å². The van der Waals surface area contributed by atoms with Crippen LogP contribution in [-0.2, 0) is 16.1 Å². The number of rotatable bonds is 12. The summed E-state index contributed by atoms with van der Waals surface area (Å²) in [6.07, 6.45) is 11.8. The normalized spacial score (nSPS) is 15.1. The van der Waals surface area contributed by atoms with Crippen LogP contribution >= 0.6 is 0 Å². The Kier molecular flexibility index (Phi) is 11.1. The van der Waals surface area contributed by atoms with E-state index in [1.165, 1.54) is 22.8 Å². The minimum atomic E-state index is -0.579. The number of pyridine rings is 1. The number of allylic oxidation sites excluding steroid dienone is 2. The molecule has 196 valence electrons. The molecule has 8 heteroatoms. The minimum absolute atomic E-state index is 0.0407. The fourth-order valence-corrected chi connectivity index (χ4v) is 4.37. The number of carbonyl (C=O) groups is 2. The Balaban J connectivity index is 2.46. The standard InChI is InChI=1S/C29H36N4O4/c1-5-7-9-11-16-32-26(34)22(20(3)24(18-30)28(32)36)14-13-15-23-21(4)25(19-31)29(37)33(27(23)35)17-12-10-8-6-2/h13-15,34H,5-12,16-17H2,1-4H3. The molecule has 37 heavy (non-hydrogen) atoms. The molecule has 2 amide bonds. The molecule has 0 unspecified atom stereocenters. The molecule has 8 nitrogen and oxygen atoms in total. The zero-order chi connectivity index (χ0) is 27.5. The van der Waals surface area contributed by atoms with Crippen LogP contribution in [0.5, 0.6) is 5.88 Å². The van der Waals surface area contributed by atoms with Gasteiger partial charge in [0.1, 0.15) is 23.3 Å². The molecule has 0 saturated carbocycles. The number of amides is 2. The van der Waals surface area contributed by atoms with Crippen molar-refractivity contribution in [2.75, 3.05) is 6.54 Å². The first-order chi connectivity index (χ1) is 17.7. The molecular formula is C29H36N4O4. The van der Waals surface area contributed by atoms with Gasteiger partial charge in [-0.05, 0) is 50.0 Å². The average Bonchev–Trinajstić information content (AvgIpc) is 2.87. The fraction of sp³-hybridized carbons (Fsp3) is 0.483. The van der Waals surface area contributed by atoms with E-state index in [1.807, 2.05) is 12.1 Å². The highest BCUT2D eigenvalue weighted by Gasteiger charge is 2.34. The lowest BCUT2D eigenvalue weighted by Gasteiger charge is -2.27. The largest absolute Gasteiger partial charge is 0.494 e. The predicted octanol–water partition coefficient (Wildman–Crippen LogP) is 5.04. The summed E-state index contributed by atoms with van der Waals surface area (Å²) in [7, 11) is 0. The van der Waals surface area contributed by atoms with E-state index in [1.54, 1.807) is 13.8 Å². The first-order valence-corrected chi connectivity index (χ1v) is 13.0. The third kappa shape index (κ3) is 6.65. The van der Waals surface area contributed by atoms with Crippen LogP contribution < -0.4 is 5.56 Å². The van der Waals surface area contributed by atoms with Gasteiger partial charge in [-0.2, -0.15) is 10.5 Å². The lowest BCUT2D eigenvalue weighted by molar-refractivity contribution is -0.140. The van der Waals surface area contributed by atoms with E-state index in [0.29, 0.717) is 36.1 Å².